The third kappa shape index (κ3) is 3.26. The zero-order chi connectivity index (χ0) is 10.6. The van der Waals surface area contributed by atoms with Gasteiger partial charge in [0.2, 0.25) is 0 Å². The Kier molecular flexibility index (Phi) is 4.34. The third-order valence-corrected chi connectivity index (χ3v) is 3.00. The molecule has 0 bridgehead atoms. The number of hydrogen-bond donors (Lipinski definition) is 2. The first-order valence-corrected chi connectivity index (χ1v) is 6.56. The zero-order valence-corrected chi connectivity index (χ0v) is 10.2. The highest BCUT2D eigenvalue weighted by Gasteiger charge is 2.03. The summed E-state index contributed by atoms with van der Waals surface area (Å²) in [5, 5.41) is 3.11. The molecule has 1 aromatic rings. The molecule has 1 rings (SSSR count). The summed E-state index contributed by atoms with van der Waals surface area (Å²) in [4.78, 5) is 3.92. The molecule has 0 saturated carbocycles. The van der Waals surface area contributed by atoms with Crippen LogP contribution in [0, 0.1) is 0 Å². The summed E-state index contributed by atoms with van der Waals surface area (Å²) in [6.45, 7) is 0.635. The molecule has 14 heavy (non-hydrogen) atoms. The van der Waals surface area contributed by atoms with Gasteiger partial charge in [-0.25, -0.2) is 0 Å². The Morgan fingerprint density at radius 1 is 1.64 bits per heavy atom. The molecule has 0 amide bonds. The fourth-order valence-electron chi connectivity index (χ4n) is 0.956. The summed E-state index contributed by atoms with van der Waals surface area (Å²) in [5.41, 5.74) is 7.10. The van der Waals surface area contributed by atoms with Gasteiger partial charge in [-0.05, 0) is 15.9 Å². The Morgan fingerprint density at radius 2 is 2.36 bits per heavy atom. The average molecular weight is 278 g/mol. The van der Waals surface area contributed by atoms with Crippen LogP contribution in [0.25, 0.3) is 0 Å². The highest BCUT2D eigenvalue weighted by Crippen LogP contribution is 2.26. The lowest BCUT2D eigenvalue weighted by Crippen LogP contribution is -2.11. The molecule has 0 aliphatic heterocycles. The molecule has 0 radical (unpaired) electrons. The number of rotatable bonds is 4. The summed E-state index contributed by atoms with van der Waals surface area (Å²) in [7, 11) is -0.787. The number of halogens is 1. The van der Waals surface area contributed by atoms with E-state index in [1.54, 1.807) is 18.6 Å². The largest absolute Gasteiger partial charge is 0.396 e. The van der Waals surface area contributed by atoms with E-state index in [2.05, 4.69) is 26.2 Å². The fourth-order valence-corrected chi connectivity index (χ4v) is 1.83. The van der Waals surface area contributed by atoms with Crippen molar-refractivity contribution in [3.05, 3.63) is 16.9 Å². The number of hydrogen-bond acceptors (Lipinski definition) is 4. The second-order valence-electron chi connectivity index (χ2n) is 2.79. The smallest absolute Gasteiger partial charge is 0.0750 e. The van der Waals surface area contributed by atoms with Gasteiger partial charge in [-0.2, -0.15) is 0 Å². The molecule has 1 heterocycles. The number of pyridine rings is 1. The number of nitrogens with zero attached hydrogens (tertiary/aromatic N) is 1. The van der Waals surface area contributed by atoms with Gasteiger partial charge in [0.25, 0.3) is 0 Å². The van der Waals surface area contributed by atoms with Crippen molar-refractivity contribution in [3.8, 4) is 0 Å². The van der Waals surface area contributed by atoms with Crippen LogP contribution in [0.15, 0.2) is 16.9 Å². The van der Waals surface area contributed by atoms with Crippen molar-refractivity contribution in [2.24, 2.45) is 0 Å². The van der Waals surface area contributed by atoms with Crippen molar-refractivity contribution < 1.29 is 4.21 Å². The first-order valence-electron chi connectivity index (χ1n) is 4.04. The summed E-state index contributed by atoms with van der Waals surface area (Å²) in [6.07, 6.45) is 4.92. The van der Waals surface area contributed by atoms with E-state index < -0.39 is 10.8 Å². The Labute approximate surface area is 93.9 Å². The Balaban J connectivity index is 2.62. The van der Waals surface area contributed by atoms with E-state index in [-0.39, 0.29) is 0 Å². The number of anilines is 2. The van der Waals surface area contributed by atoms with E-state index in [9.17, 15) is 4.21 Å². The molecule has 78 valence electrons. The van der Waals surface area contributed by atoms with E-state index in [1.807, 2.05) is 0 Å². The van der Waals surface area contributed by atoms with Gasteiger partial charge in [0, 0.05) is 35.5 Å². The number of nitrogen functional groups attached to an aromatic ring is 1. The van der Waals surface area contributed by atoms with Crippen molar-refractivity contribution in [2.45, 2.75) is 0 Å². The SMILES string of the molecule is CS(=O)CCNc1c(N)cncc1Br. The van der Waals surface area contributed by atoms with E-state index in [0.29, 0.717) is 18.0 Å². The summed E-state index contributed by atoms with van der Waals surface area (Å²) >= 11 is 3.33. The van der Waals surface area contributed by atoms with Crippen molar-refractivity contribution in [1.82, 2.24) is 4.98 Å². The van der Waals surface area contributed by atoms with Crippen LogP contribution in [0.1, 0.15) is 0 Å². The summed E-state index contributed by atoms with van der Waals surface area (Å²) < 4.78 is 11.6. The monoisotopic (exact) mass is 277 g/mol. The minimum Gasteiger partial charge on any atom is -0.396 e. The standard InChI is InChI=1S/C8H12BrN3OS/c1-14(13)3-2-12-8-6(9)4-11-5-7(8)10/h4-5H,2-3,10H2,1H3,(H,11,12). The molecule has 1 aromatic heterocycles. The molecule has 0 spiro atoms. The predicted molar refractivity (Wildman–Crippen MR) is 63.8 cm³/mol. The Bertz CT molecular complexity index is 325. The van der Waals surface area contributed by atoms with Crippen LogP contribution in [-0.2, 0) is 10.8 Å². The summed E-state index contributed by atoms with van der Waals surface area (Å²) in [6, 6.07) is 0. The first-order chi connectivity index (χ1) is 6.61. The van der Waals surface area contributed by atoms with Crippen molar-refractivity contribution in [2.75, 3.05) is 29.6 Å². The zero-order valence-electron chi connectivity index (χ0n) is 7.79. The van der Waals surface area contributed by atoms with Crippen molar-refractivity contribution in [1.29, 1.82) is 0 Å². The molecular formula is C8H12BrN3OS. The van der Waals surface area contributed by atoms with Crippen molar-refractivity contribution in [3.63, 3.8) is 0 Å². The van der Waals surface area contributed by atoms with E-state index in [1.165, 1.54) is 0 Å². The molecule has 1 unspecified atom stereocenters. The van der Waals surface area contributed by atoms with Crippen LogP contribution in [0.2, 0.25) is 0 Å². The lowest BCUT2D eigenvalue weighted by atomic mass is 10.3. The maximum absolute atomic E-state index is 10.8. The van der Waals surface area contributed by atoms with Crippen LogP contribution < -0.4 is 11.1 Å². The van der Waals surface area contributed by atoms with Gasteiger partial charge >= 0.3 is 0 Å². The van der Waals surface area contributed by atoms with Crippen LogP contribution >= 0.6 is 15.9 Å². The highest BCUT2D eigenvalue weighted by molar-refractivity contribution is 9.10. The lowest BCUT2D eigenvalue weighted by Gasteiger charge is -2.09. The van der Waals surface area contributed by atoms with Gasteiger partial charge in [-0.1, -0.05) is 0 Å². The molecule has 0 saturated heterocycles. The van der Waals surface area contributed by atoms with Crippen LogP contribution in [0.4, 0.5) is 11.4 Å². The van der Waals surface area contributed by atoms with E-state index >= 15 is 0 Å². The average Bonchev–Trinajstić information content (AvgIpc) is 2.09. The minimum absolute atomic E-state index is 0.585. The van der Waals surface area contributed by atoms with Crippen LogP contribution in [0.3, 0.4) is 0 Å². The van der Waals surface area contributed by atoms with E-state index in [0.717, 1.165) is 10.2 Å². The molecule has 1 atom stereocenters. The van der Waals surface area contributed by atoms with Gasteiger partial charge in [0.1, 0.15) is 0 Å². The molecule has 3 N–H and O–H groups in total. The molecule has 4 nitrogen and oxygen atoms in total. The van der Waals surface area contributed by atoms with Gasteiger partial charge in [0.05, 0.1) is 22.0 Å². The minimum atomic E-state index is -0.787. The molecule has 6 heteroatoms. The molecule has 0 fully saturated rings. The lowest BCUT2D eigenvalue weighted by molar-refractivity contribution is 0.687. The van der Waals surface area contributed by atoms with Crippen LogP contribution in [-0.4, -0.2) is 27.7 Å². The molecule has 0 aromatic carbocycles. The molecule has 0 aliphatic rings. The highest BCUT2D eigenvalue weighted by atomic mass is 79.9. The number of aromatic nitrogens is 1. The van der Waals surface area contributed by atoms with Gasteiger partial charge in [-0.15, -0.1) is 0 Å². The fraction of sp³-hybridized carbons (Fsp3) is 0.375. The predicted octanol–water partition coefficient (Wildman–Crippen LogP) is 1.22. The normalized spacial score (nSPS) is 12.4. The van der Waals surface area contributed by atoms with Crippen LogP contribution in [0.5, 0.6) is 0 Å². The molecule has 0 aliphatic carbocycles. The van der Waals surface area contributed by atoms with Gasteiger partial charge in [-0.3, -0.25) is 9.19 Å². The number of nitrogens with two attached hydrogens (primary N) is 1. The van der Waals surface area contributed by atoms with Gasteiger partial charge in [0.15, 0.2) is 0 Å². The van der Waals surface area contributed by atoms with E-state index in [4.69, 9.17) is 5.73 Å². The number of nitrogens with one attached hydrogen (secondary N) is 1. The first kappa shape index (κ1) is 11.5. The summed E-state index contributed by atoms with van der Waals surface area (Å²) in [5.74, 6) is 0.605. The van der Waals surface area contributed by atoms with Crippen molar-refractivity contribution >= 4 is 38.1 Å². The third-order valence-electron chi connectivity index (χ3n) is 1.62. The molecular weight excluding hydrogens is 266 g/mol. The van der Waals surface area contributed by atoms with Gasteiger partial charge < -0.3 is 11.1 Å². The quantitative estimate of drug-likeness (QED) is 0.869. The maximum atomic E-state index is 10.8. The Morgan fingerprint density at radius 3 is 2.93 bits per heavy atom. The maximum Gasteiger partial charge on any atom is 0.0750 e. The Hall–Kier alpha value is -0.620. The second kappa shape index (κ2) is 5.31. The second-order valence-corrected chi connectivity index (χ2v) is 5.20. The topological polar surface area (TPSA) is 68.0 Å².